The molecule has 0 spiro atoms. The minimum atomic E-state index is -1.02. The zero-order valence-corrected chi connectivity index (χ0v) is 17.0. The Labute approximate surface area is 166 Å². The molecule has 4 nitrogen and oxygen atoms in total. The maximum absolute atomic E-state index is 12.2. The van der Waals surface area contributed by atoms with Crippen molar-refractivity contribution in [3.63, 3.8) is 0 Å². The minimum Gasteiger partial charge on any atom is -0.478 e. The summed E-state index contributed by atoms with van der Waals surface area (Å²) in [6.45, 7) is 9.50. The summed E-state index contributed by atoms with van der Waals surface area (Å²) in [5.41, 5.74) is 4.84. The molecule has 0 fully saturated rings. The van der Waals surface area contributed by atoms with Crippen LogP contribution in [0.1, 0.15) is 77.9 Å². The molecule has 1 aliphatic carbocycles. The fraction of sp³-hybridized carbons (Fsp3) is 0.417. The minimum absolute atomic E-state index is 0.149. The maximum Gasteiger partial charge on any atom is 0.338 e. The highest BCUT2D eigenvalue weighted by Crippen LogP contribution is 2.45. The quantitative estimate of drug-likeness (QED) is 0.730. The molecule has 4 heteroatoms. The van der Waals surface area contributed by atoms with Crippen molar-refractivity contribution in [1.82, 2.24) is 0 Å². The van der Waals surface area contributed by atoms with Gasteiger partial charge in [0.1, 0.15) is 0 Å². The molecule has 1 aliphatic rings. The van der Waals surface area contributed by atoms with E-state index in [1.54, 1.807) is 0 Å². The number of ether oxygens (including phenoxy) is 1. The maximum atomic E-state index is 12.2. The van der Waals surface area contributed by atoms with E-state index in [2.05, 4.69) is 45.9 Å². The highest BCUT2D eigenvalue weighted by molar-refractivity contribution is 5.92. The molecule has 2 aromatic rings. The van der Waals surface area contributed by atoms with E-state index >= 15 is 0 Å². The molecule has 148 valence electrons. The standard InChI is InChI=1S/C24H28O4/c1-23(2)12-13-24(3,4)20-15-16(5-10-19(20)23)11-14-28-22(27)18-8-6-17(7-9-18)21(25)26/h5-10,15H,11-14H2,1-4H3,(H,25,26). The first-order valence-electron chi connectivity index (χ1n) is 9.74. The number of aromatic carboxylic acids is 1. The fourth-order valence-electron chi connectivity index (χ4n) is 3.89. The zero-order chi connectivity index (χ0) is 20.5. The van der Waals surface area contributed by atoms with Crippen LogP contribution in [-0.4, -0.2) is 23.7 Å². The van der Waals surface area contributed by atoms with E-state index in [4.69, 9.17) is 9.84 Å². The van der Waals surface area contributed by atoms with Gasteiger partial charge in [-0.1, -0.05) is 45.9 Å². The Hall–Kier alpha value is -2.62. The third-order valence-electron chi connectivity index (χ3n) is 5.91. The van der Waals surface area contributed by atoms with Crippen LogP contribution in [0.2, 0.25) is 0 Å². The first kappa shape index (κ1) is 20.1. The first-order valence-corrected chi connectivity index (χ1v) is 9.74. The lowest BCUT2D eigenvalue weighted by Gasteiger charge is -2.42. The third-order valence-corrected chi connectivity index (χ3v) is 5.91. The number of carbonyl (C=O) groups is 2. The van der Waals surface area contributed by atoms with Crippen LogP contribution < -0.4 is 0 Å². The molecule has 0 saturated heterocycles. The Morgan fingerprint density at radius 1 is 0.893 bits per heavy atom. The summed E-state index contributed by atoms with van der Waals surface area (Å²) in [5.74, 6) is -1.45. The summed E-state index contributed by atoms with van der Waals surface area (Å²) >= 11 is 0. The van der Waals surface area contributed by atoms with Gasteiger partial charge in [-0.25, -0.2) is 9.59 Å². The van der Waals surface area contributed by atoms with Gasteiger partial charge in [0.15, 0.2) is 0 Å². The number of hydrogen-bond acceptors (Lipinski definition) is 3. The van der Waals surface area contributed by atoms with E-state index in [9.17, 15) is 9.59 Å². The smallest absolute Gasteiger partial charge is 0.338 e. The average Bonchev–Trinajstić information content (AvgIpc) is 2.65. The molecule has 2 aromatic carbocycles. The molecule has 1 N–H and O–H groups in total. The average molecular weight is 380 g/mol. The van der Waals surface area contributed by atoms with E-state index in [1.807, 2.05) is 0 Å². The molecule has 0 aromatic heterocycles. The SMILES string of the molecule is CC1(C)CCC(C)(C)c2cc(CCOC(=O)c3ccc(C(=O)O)cc3)ccc21. The second-order valence-corrected chi connectivity index (χ2v) is 8.92. The largest absolute Gasteiger partial charge is 0.478 e. The number of carboxylic acids is 1. The number of benzene rings is 2. The summed E-state index contributed by atoms with van der Waals surface area (Å²) in [4.78, 5) is 23.1. The van der Waals surface area contributed by atoms with Gasteiger partial charge in [-0.3, -0.25) is 0 Å². The lowest BCUT2D eigenvalue weighted by atomic mass is 9.63. The van der Waals surface area contributed by atoms with Crippen LogP contribution in [0.25, 0.3) is 0 Å². The Morgan fingerprint density at radius 2 is 1.46 bits per heavy atom. The molecule has 0 aliphatic heterocycles. The normalized spacial score (nSPS) is 16.9. The van der Waals surface area contributed by atoms with Crippen molar-refractivity contribution >= 4 is 11.9 Å². The fourth-order valence-corrected chi connectivity index (χ4v) is 3.89. The van der Waals surface area contributed by atoms with E-state index in [0.29, 0.717) is 18.6 Å². The number of carboxylic acid groups (broad SMARTS) is 1. The van der Waals surface area contributed by atoms with Crippen LogP contribution in [0.15, 0.2) is 42.5 Å². The van der Waals surface area contributed by atoms with Crippen molar-refractivity contribution < 1.29 is 19.4 Å². The number of rotatable bonds is 5. The molecule has 0 heterocycles. The summed E-state index contributed by atoms with van der Waals surface area (Å²) in [7, 11) is 0. The van der Waals surface area contributed by atoms with Crippen molar-refractivity contribution in [2.24, 2.45) is 0 Å². The lowest BCUT2D eigenvalue weighted by Crippen LogP contribution is -2.33. The Bertz CT molecular complexity index is 891. The highest BCUT2D eigenvalue weighted by atomic mass is 16.5. The van der Waals surface area contributed by atoms with Crippen molar-refractivity contribution in [1.29, 1.82) is 0 Å². The van der Waals surface area contributed by atoms with Gasteiger partial charge in [0, 0.05) is 6.42 Å². The predicted molar refractivity (Wildman–Crippen MR) is 109 cm³/mol. The van der Waals surface area contributed by atoms with Crippen LogP contribution >= 0.6 is 0 Å². The molecule has 28 heavy (non-hydrogen) atoms. The lowest BCUT2D eigenvalue weighted by molar-refractivity contribution is 0.0508. The Balaban J connectivity index is 1.65. The van der Waals surface area contributed by atoms with Crippen molar-refractivity contribution in [3.8, 4) is 0 Å². The van der Waals surface area contributed by atoms with E-state index in [1.165, 1.54) is 47.4 Å². The number of carbonyl (C=O) groups excluding carboxylic acids is 1. The molecule has 0 atom stereocenters. The van der Waals surface area contributed by atoms with Crippen LogP contribution in [0.4, 0.5) is 0 Å². The van der Waals surface area contributed by atoms with Crippen LogP contribution in [-0.2, 0) is 22.0 Å². The van der Waals surface area contributed by atoms with E-state index < -0.39 is 11.9 Å². The van der Waals surface area contributed by atoms with Crippen molar-refractivity contribution in [3.05, 3.63) is 70.3 Å². The van der Waals surface area contributed by atoms with E-state index in [0.717, 1.165) is 6.42 Å². The Kier molecular flexibility index (Phi) is 5.33. The number of hydrogen-bond donors (Lipinski definition) is 1. The van der Waals surface area contributed by atoms with E-state index in [-0.39, 0.29) is 16.4 Å². The van der Waals surface area contributed by atoms with Crippen molar-refractivity contribution in [2.45, 2.75) is 57.8 Å². The van der Waals surface area contributed by atoms with Gasteiger partial charge >= 0.3 is 11.9 Å². The van der Waals surface area contributed by atoms with Gasteiger partial charge < -0.3 is 9.84 Å². The highest BCUT2D eigenvalue weighted by Gasteiger charge is 2.36. The molecule has 0 unspecified atom stereocenters. The topological polar surface area (TPSA) is 63.6 Å². The molecule has 0 radical (unpaired) electrons. The summed E-state index contributed by atoms with van der Waals surface area (Å²) in [5, 5.41) is 8.92. The van der Waals surface area contributed by atoms with Gasteiger partial charge in [0.25, 0.3) is 0 Å². The van der Waals surface area contributed by atoms with Gasteiger partial charge in [-0.05, 0) is 64.6 Å². The van der Waals surface area contributed by atoms with Gasteiger partial charge in [-0.15, -0.1) is 0 Å². The molecule has 0 saturated carbocycles. The molecular weight excluding hydrogens is 352 g/mol. The van der Waals surface area contributed by atoms with Crippen molar-refractivity contribution in [2.75, 3.05) is 6.61 Å². The molecule has 3 rings (SSSR count). The molecule has 0 amide bonds. The van der Waals surface area contributed by atoms with Gasteiger partial charge in [0.2, 0.25) is 0 Å². The monoisotopic (exact) mass is 380 g/mol. The second kappa shape index (κ2) is 7.42. The third kappa shape index (κ3) is 4.11. The molecular formula is C24H28O4. The first-order chi connectivity index (χ1) is 13.1. The molecule has 0 bridgehead atoms. The summed E-state index contributed by atoms with van der Waals surface area (Å²) in [6.07, 6.45) is 3.01. The van der Waals surface area contributed by atoms with Crippen LogP contribution in [0, 0.1) is 0 Å². The number of fused-ring (bicyclic) bond motifs is 1. The Morgan fingerprint density at radius 3 is 2.07 bits per heavy atom. The predicted octanol–water partition coefficient (Wildman–Crippen LogP) is 5.13. The van der Waals surface area contributed by atoms with Crippen LogP contribution in [0.3, 0.4) is 0 Å². The van der Waals surface area contributed by atoms with Gasteiger partial charge in [-0.2, -0.15) is 0 Å². The summed E-state index contributed by atoms with van der Waals surface area (Å²) in [6, 6.07) is 12.4. The van der Waals surface area contributed by atoms with Gasteiger partial charge in [0.05, 0.1) is 17.7 Å². The second-order valence-electron chi connectivity index (χ2n) is 8.92. The number of esters is 1. The summed E-state index contributed by atoms with van der Waals surface area (Å²) < 4.78 is 5.38. The zero-order valence-electron chi connectivity index (χ0n) is 17.0. The van der Waals surface area contributed by atoms with Crippen LogP contribution in [0.5, 0.6) is 0 Å².